The van der Waals surface area contributed by atoms with Crippen LogP contribution >= 0.6 is 0 Å². The third-order valence-electron chi connectivity index (χ3n) is 4.84. The number of nitrogens with zero attached hydrogens (tertiary/aromatic N) is 2. The molecule has 2 fully saturated rings. The first-order valence-electron chi connectivity index (χ1n) is 8.44. The molecule has 130 valence electrons. The van der Waals surface area contributed by atoms with Crippen LogP contribution in [0.2, 0.25) is 0 Å². The molecule has 1 aromatic carbocycles. The van der Waals surface area contributed by atoms with E-state index in [1.165, 1.54) is 0 Å². The maximum absolute atomic E-state index is 12.7. The molecule has 2 saturated heterocycles. The van der Waals surface area contributed by atoms with Crippen molar-refractivity contribution in [2.45, 2.75) is 24.9 Å². The van der Waals surface area contributed by atoms with Gasteiger partial charge in [0.25, 0.3) is 5.91 Å². The van der Waals surface area contributed by atoms with Gasteiger partial charge in [-0.1, -0.05) is 35.5 Å². The minimum atomic E-state index is -0.481. The molecule has 7 heteroatoms. The number of aromatic nitrogens is 1. The molecule has 7 nitrogen and oxygen atoms in total. The van der Waals surface area contributed by atoms with Gasteiger partial charge in [-0.05, 0) is 12.8 Å². The van der Waals surface area contributed by atoms with Gasteiger partial charge in [-0.15, -0.1) is 0 Å². The van der Waals surface area contributed by atoms with E-state index in [0.717, 1.165) is 18.4 Å². The molecule has 4 rings (SSSR count). The lowest BCUT2D eigenvalue weighted by Crippen LogP contribution is -2.36. The van der Waals surface area contributed by atoms with Crippen LogP contribution in [0.1, 0.15) is 29.8 Å². The summed E-state index contributed by atoms with van der Waals surface area (Å²) < 4.78 is 10.8. The average Bonchev–Trinajstić information content (AvgIpc) is 3.20. The Morgan fingerprint density at radius 2 is 2.04 bits per heavy atom. The Hall–Kier alpha value is -2.83. The molecular weight excluding hydrogens is 322 g/mol. The van der Waals surface area contributed by atoms with Crippen LogP contribution < -0.4 is 5.32 Å². The predicted molar refractivity (Wildman–Crippen MR) is 88.9 cm³/mol. The van der Waals surface area contributed by atoms with E-state index in [1.54, 1.807) is 11.0 Å². The van der Waals surface area contributed by atoms with Crippen LogP contribution in [-0.2, 0) is 4.74 Å². The van der Waals surface area contributed by atoms with Crippen LogP contribution in [-0.4, -0.2) is 47.3 Å². The van der Waals surface area contributed by atoms with Gasteiger partial charge in [-0.2, -0.15) is 0 Å². The van der Waals surface area contributed by atoms with Crippen LogP contribution in [0.25, 0.3) is 11.3 Å². The van der Waals surface area contributed by atoms with E-state index in [1.807, 2.05) is 30.3 Å². The fourth-order valence-corrected chi connectivity index (χ4v) is 3.43. The highest BCUT2D eigenvalue weighted by molar-refractivity contribution is 5.93. The van der Waals surface area contributed by atoms with Gasteiger partial charge in [-0.25, -0.2) is 4.79 Å². The summed E-state index contributed by atoms with van der Waals surface area (Å²) in [4.78, 5) is 25.9. The van der Waals surface area contributed by atoms with E-state index < -0.39 is 5.60 Å². The molecule has 0 saturated carbocycles. The molecule has 0 aliphatic carbocycles. The third kappa shape index (κ3) is 3.09. The first-order valence-corrected chi connectivity index (χ1v) is 8.44. The van der Waals surface area contributed by atoms with Crippen LogP contribution in [0.15, 0.2) is 40.9 Å². The van der Waals surface area contributed by atoms with Crippen LogP contribution in [0.4, 0.5) is 4.79 Å². The van der Waals surface area contributed by atoms with Gasteiger partial charge >= 0.3 is 6.09 Å². The van der Waals surface area contributed by atoms with Gasteiger partial charge in [0.1, 0.15) is 5.60 Å². The van der Waals surface area contributed by atoms with Gasteiger partial charge in [0.15, 0.2) is 11.5 Å². The van der Waals surface area contributed by atoms with Gasteiger partial charge in [0.05, 0.1) is 6.54 Å². The van der Waals surface area contributed by atoms with Crippen molar-refractivity contribution >= 4 is 12.0 Å². The van der Waals surface area contributed by atoms with Crippen molar-refractivity contribution in [3.63, 3.8) is 0 Å². The summed E-state index contributed by atoms with van der Waals surface area (Å²) >= 11 is 0. The standard InChI is InChI=1S/C18H19N3O4/c22-16(14-11-15(25-20-14)13-5-2-1-3-6-13)21-9-4-7-18(8-10-21)12-19-17(23)24-18/h1-3,5-6,11H,4,7-10,12H2,(H,19,23)/t18-/m1/s1. The van der Waals surface area contributed by atoms with Crippen molar-refractivity contribution < 1.29 is 18.8 Å². The van der Waals surface area contributed by atoms with Crippen LogP contribution in [0.3, 0.4) is 0 Å². The Labute approximate surface area is 144 Å². The Morgan fingerprint density at radius 3 is 2.80 bits per heavy atom. The fraction of sp³-hybridized carbons (Fsp3) is 0.389. The molecule has 25 heavy (non-hydrogen) atoms. The van der Waals surface area contributed by atoms with E-state index in [0.29, 0.717) is 37.5 Å². The maximum atomic E-state index is 12.7. The van der Waals surface area contributed by atoms with Gasteiger partial charge in [0, 0.05) is 31.1 Å². The molecule has 3 heterocycles. The number of amides is 2. The third-order valence-corrected chi connectivity index (χ3v) is 4.84. The zero-order valence-electron chi connectivity index (χ0n) is 13.7. The van der Waals surface area contributed by atoms with Crippen LogP contribution in [0.5, 0.6) is 0 Å². The van der Waals surface area contributed by atoms with Crippen molar-refractivity contribution in [1.82, 2.24) is 15.4 Å². The largest absolute Gasteiger partial charge is 0.441 e. The maximum Gasteiger partial charge on any atom is 0.407 e. The minimum Gasteiger partial charge on any atom is -0.441 e. The highest BCUT2D eigenvalue weighted by Gasteiger charge is 2.42. The molecule has 2 aromatic rings. The van der Waals surface area contributed by atoms with E-state index in [4.69, 9.17) is 9.26 Å². The second-order valence-electron chi connectivity index (χ2n) is 6.51. The summed E-state index contributed by atoms with van der Waals surface area (Å²) in [6.45, 7) is 1.66. The SMILES string of the molecule is O=C1NC[C@]2(CCCN(C(=O)c3cc(-c4ccccc4)on3)CC2)O1. The monoisotopic (exact) mass is 341 g/mol. The number of ether oxygens (including phenoxy) is 1. The molecule has 1 N–H and O–H groups in total. The molecule has 0 bridgehead atoms. The second kappa shape index (κ2) is 6.23. The molecule has 2 aliphatic heterocycles. The number of likely N-dealkylation sites (tertiary alicyclic amines) is 1. The second-order valence-corrected chi connectivity index (χ2v) is 6.51. The molecule has 2 aliphatic rings. The molecule has 1 spiro atoms. The number of alkyl carbamates (subject to hydrolysis) is 1. The van der Waals surface area contributed by atoms with Crippen molar-refractivity contribution in [2.75, 3.05) is 19.6 Å². The highest BCUT2D eigenvalue weighted by atomic mass is 16.6. The predicted octanol–water partition coefficient (Wildman–Crippen LogP) is 2.45. The number of nitrogens with one attached hydrogen (secondary N) is 1. The first-order chi connectivity index (χ1) is 12.2. The molecular formula is C18H19N3O4. The number of rotatable bonds is 2. The summed E-state index contributed by atoms with van der Waals surface area (Å²) in [5.74, 6) is 0.421. The van der Waals surface area contributed by atoms with Crippen LogP contribution in [0, 0.1) is 0 Å². The van der Waals surface area contributed by atoms with Crippen molar-refractivity contribution in [2.24, 2.45) is 0 Å². The molecule has 2 amide bonds. The minimum absolute atomic E-state index is 0.153. The van der Waals surface area contributed by atoms with Gasteiger partial charge in [0.2, 0.25) is 0 Å². The highest BCUT2D eigenvalue weighted by Crippen LogP contribution is 2.30. The van der Waals surface area contributed by atoms with Gasteiger partial charge in [-0.3, -0.25) is 4.79 Å². The topological polar surface area (TPSA) is 84.7 Å². The lowest BCUT2D eigenvalue weighted by Gasteiger charge is -2.24. The zero-order chi connectivity index (χ0) is 17.3. The lowest BCUT2D eigenvalue weighted by atomic mass is 9.95. The van der Waals surface area contributed by atoms with Crippen molar-refractivity contribution in [3.8, 4) is 11.3 Å². The molecule has 1 aromatic heterocycles. The fourth-order valence-electron chi connectivity index (χ4n) is 3.43. The average molecular weight is 341 g/mol. The van der Waals surface area contributed by atoms with Crippen molar-refractivity contribution in [3.05, 3.63) is 42.1 Å². The Bertz CT molecular complexity index is 789. The van der Waals surface area contributed by atoms with Gasteiger partial charge < -0.3 is 19.5 Å². The lowest BCUT2D eigenvalue weighted by molar-refractivity contribution is 0.0438. The van der Waals surface area contributed by atoms with E-state index in [-0.39, 0.29) is 12.0 Å². The Balaban J connectivity index is 1.46. The first kappa shape index (κ1) is 15.7. The number of hydrogen-bond donors (Lipinski definition) is 1. The van der Waals surface area contributed by atoms with Crippen molar-refractivity contribution in [1.29, 1.82) is 0 Å². The summed E-state index contributed by atoms with van der Waals surface area (Å²) in [7, 11) is 0. The number of hydrogen-bond acceptors (Lipinski definition) is 5. The normalized spacial score (nSPS) is 23.2. The summed E-state index contributed by atoms with van der Waals surface area (Å²) in [6.07, 6.45) is 1.79. The molecule has 1 atom stereocenters. The summed E-state index contributed by atoms with van der Waals surface area (Å²) in [5, 5.41) is 6.65. The summed E-state index contributed by atoms with van der Waals surface area (Å²) in [6, 6.07) is 11.2. The number of carbonyl (C=O) groups excluding carboxylic acids is 2. The quantitative estimate of drug-likeness (QED) is 0.907. The van der Waals surface area contributed by atoms with E-state index in [2.05, 4.69) is 10.5 Å². The number of benzene rings is 1. The Kier molecular flexibility index (Phi) is 3.91. The van der Waals surface area contributed by atoms with E-state index in [9.17, 15) is 9.59 Å². The Morgan fingerprint density at radius 1 is 1.20 bits per heavy atom. The molecule has 0 unspecified atom stereocenters. The number of carbonyl (C=O) groups is 2. The zero-order valence-corrected chi connectivity index (χ0v) is 13.7. The smallest absolute Gasteiger partial charge is 0.407 e. The summed E-state index contributed by atoms with van der Waals surface area (Å²) in [5.41, 5.74) is 0.703. The molecule has 0 radical (unpaired) electrons. The van der Waals surface area contributed by atoms with E-state index >= 15 is 0 Å².